The van der Waals surface area contributed by atoms with Crippen molar-refractivity contribution >= 4 is 28.7 Å². The van der Waals surface area contributed by atoms with Gasteiger partial charge in [0.2, 0.25) is 5.91 Å². The molecule has 0 radical (unpaired) electrons. The third kappa shape index (κ3) is 4.78. The summed E-state index contributed by atoms with van der Waals surface area (Å²) in [6.07, 6.45) is 1.19. The fourth-order valence-electron chi connectivity index (χ4n) is 2.51. The predicted octanol–water partition coefficient (Wildman–Crippen LogP) is 0.492. The van der Waals surface area contributed by atoms with Crippen LogP contribution in [0.1, 0.15) is 18.4 Å². The Morgan fingerprint density at radius 2 is 1.84 bits per heavy atom. The van der Waals surface area contributed by atoms with Crippen LogP contribution in [-0.4, -0.2) is 50.3 Å². The van der Waals surface area contributed by atoms with E-state index in [2.05, 4.69) is 10.3 Å². The van der Waals surface area contributed by atoms with E-state index < -0.39 is 36.4 Å². The van der Waals surface area contributed by atoms with Crippen LogP contribution in [0.2, 0.25) is 0 Å². The molecule has 9 heteroatoms. The molecule has 0 aliphatic carbocycles. The molecule has 2 aromatic rings. The Bertz CT molecular complexity index is 772. The zero-order chi connectivity index (χ0) is 18.4. The van der Waals surface area contributed by atoms with Gasteiger partial charge >= 0.3 is 11.9 Å². The largest absolute Gasteiger partial charge is 0.481 e. The minimum absolute atomic E-state index is 0.123. The molecule has 1 aromatic carbocycles. The van der Waals surface area contributed by atoms with E-state index in [1.165, 1.54) is 0 Å². The van der Waals surface area contributed by atoms with E-state index >= 15 is 0 Å². The summed E-state index contributed by atoms with van der Waals surface area (Å²) in [6, 6.07) is 5.01. The summed E-state index contributed by atoms with van der Waals surface area (Å²) in [6.45, 7) is 0. The van der Waals surface area contributed by atoms with Gasteiger partial charge in [0.15, 0.2) is 0 Å². The fourth-order valence-corrected chi connectivity index (χ4v) is 2.51. The number of hydrogen-bond donors (Lipinski definition) is 6. The maximum absolute atomic E-state index is 12.2. The number of aromatic amines is 1. The molecule has 6 N–H and O–H groups in total. The number of carboxylic acid groups (broad SMARTS) is 2. The summed E-state index contributed by atoms with van der Waals surface area (Å²) in [5.74, 6) is -3.22. The topological polar surface area (TPSA) is 152 Å². The maximum atomic E-state index is 12.2. The number of para-hydroxylation sites is 1. The molecular weight excluding hydrogens is 330 g/mol. The number of aromatic nitrogens is 1. The first-order valence-electron chi connectivity index (χ1n) is 7.62. The summed E-state index contributed by atoms with van der Waals surface area (Å²) in [5.41, 5.74) is 3.53. The number of hydroxylamine groups is 1. The summed E-state index contributed by atoms with van der Waals surface area (Å²) in [7, 11) is 0. The second-order valence-corrected chi connectivity index (χ2v) is 5.58. The van der Waals surface area contributed by atoms with Crippen LogP contribution in [-0.2, 0) is 20.8 Å². The van der Waals surface area contributed by atoms with Crippen LogP contribution in [0, 0.1) is 0 Å². The molecular formula is C16H19N3O6. The van der Waals surface area contributed by atoms with Gasteiger partial charge in [-0.15, -0.1) is 0 Å². The zero-order valence-corrected chi connectivity index (χ0v) is 13.2. The number of carbonyl (C=O) groups is 3. The molecule has 0 fully saturated rings. The van der Waals surface area contributed by atoms with E-state index in [9.17, 15) is 19.6 Å². The average molecular weight is 349 g/mol. The van der Waals surface area contributed by atoms with Gasteiger partial charge in [-0.25, -0.2) is 4.79 Å². The number of H-pyrrole nitrogens is 1. The highest BCUT2D eigenvalue weighted by molar-refractivity contribution is 5.89. The molecule has 1 unspecified atom stereocenters. The maximum Gasteiger partial charge on any atom is 0.326 e. The minimum Gasteiger partial charge on any atom is -0.481 e. The van der Waals surface area contributed by atoms with Gasteiger partial charge in [0.1, 0.15) is 12.1 Å². The lowest BCUT2D eigenvalue weighted by atomic mass is 10.0. The Balaban J connectivity index is 2.06. The van der Waals surface area contributed by atoms with Gasteiger partial charge in [-0.3, -0.25) is 9.59 Å². The summed E-state index contributed by atoms with van der Waals surface area (Å²) < 4.78 is 0. The second kappa shape index (κ2) is 8.27. The summed E-state index contributed by atoms with van der Waals surface area (Å²) in [4.78, 5) is 37.0. The van der Waals surface area contributed by atoms with Crippen molar-refractivity contribution in [2.24, 2.45) is 0 Å². The van der Waals surface area contributed by atoms with E-state index in [1.54, 1.807) is 6.20 Å². The molecule has 0 spiro atoms. The van der Waals surface area contributed by atoms with Crippen molar-refractivity contribution in [2.45, 2.75) is 31.3 Å². The van der Waals surface area contributed by atoms with Gasteiger partial charge in [0.05, 0.1) is 0 Å². The molecule has 0 saturated heterocycles. The van der Waals surface area contributed by atoms with E-state index in [0.717, 1.165) is 16.5 Å². The molecule has 25 heavy (non-hydrogen) atoms. The molecule has 1 amide bonds. The van der Waals surface area contributed by atoms with Gasteiger partial charge in [-0.05, 0) is 18.1 Å². The van der Waals surface area contributed by atoms with Gasteiger partial charge in [-0.1, -0.05) is 18.2 Å². The first-order valence-corrected chi connectivity index (χ1v) is 7.62. The average Bonchev–Trinajstić information content (AvgIpc) is 2.98. The van der Waals surface area contributed by atoms with Crippen LogP contribution in [0.3, 0.4) is 0 Å². The van der Waals surface area contributed by atoms with Crippen LogP contribution in [0.4, 0.5) is 0 Å². The number of fused-ring (bicyclic) bond motifs is 1. The molecule has 0 aliphatic heterocycles. The molecule has 0 aliphatic rings. The summed E-state index contributed by atoms with van der Waals surface area (Å²) >= 11 is 0. The molecule has 2 atom stereocenters. The molecule has 134 valence electrons. The number of carbonyl (C=O) groups excluding carboxylic acids is 1. The summed E-state index contributed by atoms with van der Waals surface area (Å²) in [5, 5.41) is 30.1. The fraction of sp³-hybridized carbons (Fsp3) is 0.312. The van der Waals surface area contributed by atoms with Crippen molar-refractivity contribution in [3.8, 4) is 0 Å². The molecule has 1 heterocycles. The third-order valence-corrected chi connectivity index (χ3v) is 3.83. The van der Waals surface area contributed by atoms with E-state index in [4.69, 9.17) is 10.2 Å². The monoisotopic (exact) mass is 349 g/mol. The standard InChI is InChI=1S/C16H19N3O6/c20-14(21)6-5-12(16(23)24)18-15(22)13(19-25)7-9-8-17-11-4-2-1-3-10(9)11/h1-4,8,12-13,17,19,25H,5-7H2,(H,18,22)(H,20,21)(H,23,24)/t12-,13?/m0/s1. The molecule has 2 rings (SSSR count). The lowest BCUT2D eigenvalue weighted by molar-refractivity contribution is -0.143. The number of rotatable bonds is 9. The first-order chi connectivity index (χ1) is 11.9. The highest BCUT2D eigenvalue weighted by Crippen LogP contribution is 2.19. The van der Waals surface area contributed by atoms with Gasteiger partial charge in [-0.2, -0.15) is 5.48 Å². The van der Waals surface area contributed by atoms with E-state index in [0.29, 0.717) is 0 Å². The number of benzene rings is 1. The molecule has 9 nitrogen and oxygen atoms in total. The van der Waals surface area contributed by atoms with Crippen LogP contribution in [0.15, 0.2) is 30.5 Å². The van der Waals surface area contributed by atoms with Crippen molar-refractivity contribution in [3.63, 3.8) is 0 Å². The third-order valence-electron chi connectivity index (χ3n) is 3.83. The minimum atomic E-state index is -1.34. The highest BCUT2D eigenvalue weighted by atomic mass is 16.5. The van der Waals surface area contributed by atoms with Gasteiger partial charge in [0, 0.05) is 29.9 Å². The number of amides is 1. The van der Waals surface area contributed by atoms with Crippen LogP contribution in [0.5, 0.6) is 0 Å². The van der Waals surface area contributed by atoms with Crippen molar-refractivity contribution in [3.05, 3.63) is 36.0 Å². The second-order valence-electron chi connectivity index (χ2n) is 5.58. The number of aliphatic carboxylic acids is 2. The van der Waals surface area contributed by atoms with Crippen LogP contribution in [0.25, 0.3) is 10.9 Å². The number of carboxylic acids is 2. The van der Waals surface area contributed by atoms with Crippen LogP contribution >= 0.6 is 0 Å². The Kier molecular flexibility index (Phi) is 6.09. The van der Waals surface area contributed by atoms with Crippen molar-refractivity contribution in [2.75, 3.05) is 0 Å². The first kappa shape index (κ1) is 18.4. The number of hydrogen-bond acceptors (Lipinski definition) is 5. The van der Waals surface area contributed by atoms with Gasteiger partial charge < -0.3 is 25.7 Å². The van der Waals surface area contributed by atoms with E-state index in [1.807, 2.05) is 29.7 Å². The number of nitrogens with one attached hydrogen (secondary N) is 3. The highest BCUT2D eigenvalue weighted by Gasteiger charge is 2.26. The van der Waals surface area contributed by atoms with Crippen LogP contribution < -0.4 is 10.8 Å². The Morgan fingerprint density at radius 1 is 1.12 bits per heavy atom. The molecule has 0 saturated carbocycles. The lowest BCUT2D eigenvalue weighted by Crippen LogP contribution is -2.50. The Morgan fingerprint density at radius 3 is 2.48 bits per heavy atom. The zero-order valence-electron chi connectivity index (χ0n) is 13.2. The Hall–Kier alpha value is -2.91. The smallest absolute Gasteiger partial charge is 0.326 e. The lowest BCUT2D eigenvalue weighted by Gasteiger charge is -2.19. The molecule has 0 bridgehead atoms. The normalized spacial score (nSPS) is 13.3. The van der Waals surface area contributed by atoms with Crippen molar-refractivity contribution in [1.29, 1.82) is 0 Å². The molecule has 1 aromatic heterocycles. The predicted molar refractivity (Wildman–Crippen MR) is 87.1 cm³/mol. The van der Waals surface area contributed by atoms with E-state index in [-0.39, 0.29) is 12.8 Å². The van der Waals surface area contributed by atoms with Crippen molar-refractivity contribution < 1.29 is 29.8 Å². The SMILES string of the molecule is O=C(O)CC[C@H](NC(=O)C(Cc1c[nH]c2ccccc12)NO)C(=O)O. The quantitative estimate of drug-likeness (QED) is 0.360. The van der Waals surface area contributed by atoms with Gasteiger partial charge in [0.25, 0.3) is 0 Å². The van der Waals surface area contributed by atoms with Crippen molar-refractivity contribution in [1.82, 2.24) is 15.8 Å². The Labute approximate surface area is 142 Å².